The molecule has 2 atom stereocenters. The van der Waals surface area contributed by atoms with Crippen molar-refractivity contribution in [3.63, 3.8) is 0 Å². The number of rotatable bonds is 3. The van der Waals surface area contributed by atoms with E-state index in [1.54, 1.807) is 5.57 Å². The molecule has 0 spiro atoms. The maximum atomic E-state index is 11.0. The van der Waals surface area contributed by atoms with Crippen LogP contribution in [0.25, 0.3) is 0 Å². The third-order valence-corrected chi connectivity index (χ3v) is 4.56. The van der Waals surface area contributed by atoms with Gasteiger partial charge in [0.2, 0.25) is 0 Å². The van der Waals surface area contributed by atoms with Crippen LogP contribution < -0.4 is 0 Å². The monoisotopic (exact) mass is 206 g/mol. The highest BCUT2D eigenvalue weighted by Crippen LogP contribution is 2.60. The molecule has 0 aliphatic heterocycles. The molecule has 0 aromatic rings. The van der Waals surface area contributed by atoms with Crippen molar-refractivity contribution in [2.45, 2.75) is 47.0 Å². The van der Waals surface area contributed by atoms with Gasteiger partial charge in [0.1, 0.15) is 6.29 Å². The first-order valence-corrected chi connectivity index (χ1v) is 6.02. The van der Waals surface area contributed by atoms with Gasteiger partial charge >= 0.3 is 0 Å². The van der Waals surface area contributed by atoms with Gasteiger partial charge in [0, 0.05) is 5.41 Å². The predicted octanol–water partition coefficient (Wildman–Crippen LogP) is 3.59. The van der Waals surface area contributed by atoms with E-state index in [2.05, 4.69) is 19.9 Å². The molecule has 3 aliphatic rings. The van der Waals surface area contributed by atoms with E-state index in [9.17, 15) is 4.79 Å². The van der Waals surface area contributed by atoms with E-state index in [1.807, 2.05) is 13.8 Å². The summed E-state index contributed by atoms with van der Waals surface area (Å²) in [5.41, 5.74) is 1.85. The molecular weight excluding hydrogens is 184 g/mol. The Balaban J connectivity index is 2.12. The van der Waals surface area contributed by atoms with Crippen LogP contribution in [0.3, 0.4) is 0 Å². The Morgan fingerprint density at radius 1 is 1.53 bits per heavy atom. The first-order chi connectivity index (χ1) is 6.87. The molecule has 0 unspecified atom stereocenters. The standard InChI is InChI=1S/C14H22O/c1-13(2,9-15)8-10-5-6-11-7-12(10)14(11,3)4/h5,9,11-12H,6-8H2,1-4H3/t11-,12-/m0/s1. The lowest BCUT2D eigenvalue weighted by Crippen LogP contribution is -2.48. The smallest absolute Gasteiger partial charge is 0.125 e. The summed E-state index contributed by atoms with van der Waals surface area (Å²) in [6.45, 7) is 8.84. The molecular formula is C14H22O. The number of hydrogen-bond acceptors (Lipinski definition) is 1. The highest BCUT2D eigenvalue weighted by molar-refractivity contribution is 5.58. The maximum Gasteiger partial charge on any atom is 0.125 e. The summed E-state index contributed by atoms with van der Waals surface area (Å²) in [5.74, 6) is 1.64. The van der Waals surface area contributed by atoms with E-state index in [-0.39, 0.29) is 5.41 Å². The second-order valence-electron chi connectivity index (χ2n) is 6.60. The maximum absolute atomic E-state index is 11.0. The fourth-order valence-corrected chi connectivity index (χ4v) is 3.24. The molecule has 1 fully saturated rings. The third kappa shape index (κ3) is 1.66. The molecule has 0 amide bonds. The van der Waals surface area contributed by atoms with Crippen LogP contribution >= 0.6 is 0 Å². The van der Waals surface area contributed by atoms with E-state index in [0.717, 1.165) is 24.5 Å². The van der Waals surface area contributed by atoms with Crippen LogP contribution in [0.15, 0.2) is 11.6 Å². The van der Waals surface area contributed by atoms with Gasteiger partial charge in [0.05, 0.1) is 0 Å². The van der Waals surface area contributed by atoms with Gasteiger partial charge in [0.25, 0.3) is 0 Å². The van der Waals surface area contributed by atoms with Crippen molar-refractivity contribution in [2.24, 2.45) is 22.7 Å². The van der Waals surface area contributed by atoms with Crippen LogP contribution in [0, 0.1) is 22.7 Å². The van der Waals surface area contributed by atoms with Gasteiger partial charge in [-0.25, -0.2) is 0 Å². The summed E-state index contributed by atoms with van der Waals surface area (Å²) >= 11 is 0. The van der Waals surface area contributed by atoms with E-state index in [1.165, 1.54) is 12.8 Å². The molecule has 1 nitrogen and oxygen atoms in total. The topological polar surface area (TPSA) is 17.1 Å². The molecule has 0 radical (unpaired) electrons. The summed E-state index contributed by atoms with van der Waals surface area (Å²) in [5, 5.41) is 0. The number of allylic oxidation sites excluding steroid dienone is 2. The largest absolute Gasteiger partial charge is 0.303 e. The summed E-state index contributed by atoms with van der Waals surface area (Å²) in [7, 11) is 0. The van der Waals surface area contributed by atoms with Crippen molar-refractivity contribution in [3.05, 3.63) is 11.6 Å². The first-order valence-electron chi connectivity index (χ1n) is 6.02. The van der Waals surface area contributed by atoms with Crippen LogP contribution in [-0.4, -0.2) is 6.29 Å². The number of carbonyl (C=O) groups is 1. The number of hydrogen-bond donors (Lipinski definition) is 0. The molecule has 0 aromatic heterocycles. The highest BCUT2D eigenvalue weighted by Gasteiger charge is 2.51. The molecule has 15 heavy (non-hydrogen) atoms. The molecule has 2 bridgehead atoms. The minimum atomic E-state index is -0.176. The second kappa shape index (κ2) is 3.20. The number of fused-ring (bicyclic) bond motifs is 1. The normalized spacial score (nSPS) is 32.9. The van der Waals surface area contributed by atoms with E-state index >= 15 is 0 Å². The van der Waals surface area contributed by atoms with Crippen LogP contribution in [0.5, 0.6) is 0 Å². The molecule has 0 aromatic carbocycles. The zero-order chi connectivity index (χ0) is 11.3. The lowest BCUT2D eigenvalue weighted by Gasteiger charge is -2.57. The Morgan fingerprint density at radius 3 is 2.67 bits per heavy atom. The van der Waals surface area contributed by atoms with Gasteiger partial charge in [-0.05, 0) is 36.5 Å². The molecule has 1 saturated carbocycles. The minimum absolute atomic E-state index is 0.176. The zero-order valence-electron chi connectivity index (χ0n) is 10.3. The Kier molecular flexibility index (Phi) is 2.33. The summed E-state index contributed by atoms with van der Waals surface area (Å²) < 4.78 is 0. The summed E-state index contributed by atoms with van der Waals surface area (Å²) in [4.78, 5) is 11.0. The Bertz CT molecular complexity index is 309. The zero-order valence-corrected chi connectivity index (χ0v) is 10.3. The molecule has 1 heteroatoms. The van der Waals surface area contributed by atoms with Crippen LogP contribution in [0.4, 0.5) is 0 Å². The van der Waals surface area contributed by atoms with E-state index in [4.69, 9.17) is 0 Å². The lowest BCUT2D eigenvalue weighted by molar-refractivity contribution is -0.115. The van der Waals surface area contributed by atoms with Crippen LogP contribution in [0.2, 0.25) is 0 Å². The number of aldehydes is 1. The van der Waals surface area contributed by atoms with Gasteiger partial charge in [-0.15, -0.1) is 0 Å². The van der Waals surface area contributed by atoms with Crippen molar-refractivity contribution in [3.8, 4) is 0 Å². The van der Waals surface area contributed by atoms with Gasteiger partial charge < -0.3 is 4.79 Å². The Hall–Kier alpha value is -0.590. The minimum Gasteiger partial charge on any atom is -0.303 e. The van der Waals surface area contributed by atoms with Gasteiger partial charge in [0.15, 0.2) is 0 Å². The average Bonchev–Trinajstić information content (AvgIpc) is 2.17. The molecule has 84 valence electrons. The average molecular weight is 206 g/mol. The van der Waals surface area contributed by atoms with Gasteiger partial charge in [-0.2, -0.15) is 0 Å². The van der Waals surface area contributed by atoms with Crippen LogP contribution in [0.1, 0.15) is 47.0 Å². The first kappa shape index (κ1) is 10.9. The summed E-state index contributed by atoms with van der Waals surface area (Å²) in [6.07, 6.45) is 7.04. The fraction of sp³-hybridized carbons (Fsp3) is 0.786. The molecule has 0 heterocycles. The van der Waals surface area contributed by atoms with Crippen LogP contribution in [-0.2, 0) is 4.79 Å². The Labute approximate surface area is 92.9 Å². The van der Waals surface area contributed by atoms with Crippen molar-refractivity contribution < 1.29 is 4.79 Å². The lowest BCUT2D eigenvalue weighted by atomic mass is 9.48. The molecule has 0 saturated heterocycles. The van der Waals surface area contributed by atoms with Gasteiger partial charge in [-0.1, -0.05) is 39.3 Å². The third-order valence-electron chi connectivity index (χ3n) is 4.56. The highest BCUT2D eigenvalue weighted by atomic mass is 16.1. The SMILES string of the molecule is CC(C)(C=O)CC1=CC[C@H]2C[C@@H]1C2(C)C. The molecule has 0 N–H and O–H groups in total. The molecule has 3 aliphatic carbocycles. The summed E-state index contributed by atoms with van der Waals surface area (Å²) in [6, 6.07) is 0. The number of carbonyl (C=O) groups excluding carboxylic acids is 1. The predicted molar refractivity (Wildman–Crippen MR) is 62.5 cm³/mol. The van der Waals surface area contributed by atoms with Crippen molar-refractivity contribution >= 4 is 6.29 Å². The Morgan fingerprint density at radius 2 is 2.20 bits per heavy atom. The molecule has 3 rings (SSSR count). The second-order valence-corrected chi connectivity index (χ2v) is 6.60. The fourth-order valence-electron chi connectivity index (χ4n) is 3.24. The van der Waals surface area contributed by atoms with E-state index in [0.29, 0.717) is 5.41 Å². The quantitative estimate of drug-likeness (QED) is 0.509. The van der Waals surface area contributed by atoms with Gasteiger partial charge in [-0.3, -0.25) is 0 Å². The van der Waals surface area contributed by atoms with Crippen molar-refractivity contribution in [2.75, 3.05) is 0 Å². The van der Waals surface area contributed by atoms with Crippen molar-refractivity contribution in [1.29, 1.82) is 0 Å². The van der Waals surface area contributed by atoms with E-state index < -0.39 is 0 Å². The van der Waals surface area contributed by atoms with Crippen molar-refractivity contribution in [1.82, 2.24) is 0 Å².